The van der Waals surface area contributed by atoms with Crippen LogP contribution in [-0.2, 0) is 9.59 Å². The van der Waals surface area contributed by atoms with Crippen LogP contribution in [-0.4, -0.2) is 35.8 Å². The van der Waals surface area contributed by atoms with Crippen LogP contribution in [0.25, 0.3) is 0 Å². The monoisotopic (exact) mass is 360 g/mol. The van der Waals surface area contributed by atoms with Gasteiger partial charge in [-0.15, -0.1) is 0 Å². The van der Waals surface area contributed by atoms with Crippen molar-refractivity contribution in [1.29, 1.82) is 0 Å². The normalized spacial score (nSPS) is 39.9. The maximum absolute atomic E-state index is 13.4. The van der Waals surface area contributed by atoms with E-state index in [0.29, 0.717) is 5.92 Å². The van der Waals surface area contributed by atoms with E-state index in [2.05, 4.69) is 26.1 Å². The molecule has 5 fully saturated rings. The van der Waals surface area contributed by atoms with E-state index in [4.69, 9.17) is 0 Å². The lowest BCUT2D eigenvalue weighted by Gasteiger charge is -2.56. The second kappa shape index (κ2) is 6.83. The number of rotatable bonds is 4. The molecule has 4 nitrogen and oxygen atoms in total. The summed E-state index contributed by atoms with van der Waals surface area (Å²) in [7, 11) is 0. The van der Waals surface area contributed by atoms with Crippen molar-refractivity contribution in [2.24, 2.45) is 35.0 Å². The molecule has 2 unspecified atom stereocenters. The van der Waals surface area contributed by atoms with E-state index in [1.165, 1.54) is 25.7 Å². The third kappa shape index (κ3) is 3.29. The van der Waals surface area contributed by atoms with E-state index in [1.54, 1.807) is 0 Å². The van der Waals surface area contributed by atoms with Gasteiger partial charge in [-0.05, 0) is 81.0 Å². The highest BCUT2D eigenvalue weighted by Gasteiger charge is 2.55. The van der Waals surface area contributed by atoms with Gasteiger partial charge < -0.3 is 10.2 Å². The summed E-state index contributed by atoms with van der Waals surface area (Å²) in [5.41, 5.74) is -0.169. The molecule has 0 spiro atoms. The molecule has 0 radical (unpaired) electrons. The molecule has 1 aliphatic heterocycles. The first-order chi connectivity index (χ1) is 12.4. The molecule has 5 rings (SSSR count). The first-order valence-corrected chi connectivity index (χ1v) is 11.0. The van der Waals surface area contributed by atoms with Gasteiger partial charge in [0, 0.05) is 18.5 Å². The molecule has 1 saturated heterocycles. The number of amides is 2. The van der Waals surface area contributed by atoms with Gasteiger partial charge in [-0.1, -0.05) is 20.8 Å². The van der Waals surface area contributed by atoms with Crippen molar-refractivity contribution < 1.29 is 9.59 Å². The molecule has 0 aromatic heterocycles. The molecule has 4 heteroatoms. The molecule has 2 amide bonds. The Morgan fingerprint density at radius 2 is 1.62 bits per heavy atom. The maximum Gasteiger partial charge on any atom is 0.245 e. The van der Waals surface area contributed by atoms with Crippen LogP contribution >= 0.6 is 0 Å². The quantitative estimate of drug-likeness (QED) is 0.833. The second-order valence-corrected chi connectivity index (χ2v) is 10.4. The summed E-state index contributed by atoms with van der Waals surface area (Å²) < 4.78 is 0. The van der Waals surface area contributed by atoms with Gasteiger partial charge in [0.15, 0.2) is 0 Å². The van der Waals surface area contributed by atoms with Crippen molar-refractivity contribution in [2.75, 3.05) is 13.1 Å². The summed E-state index contributed by atoms with van der Waals surface area (Å²) >= 11 is 0. The summed E-state index contributed by atoms with van der Waals surface area (Å²) in [5.74, 6) is 3.30. The Bertz CT molecular complexity index is 535. The van der Waals surface area contributed by atoms with Gasteiger partial charge in [-0.3, -0.25) is 9.59 Å². The topological polar surface area (TPSA) is 49.4 Å². The van der Waals surface area contributed by atoms with E-state index in [-0.39, 0.29) is 29.2 Å². The van der Waals surface area contributed by atoms with Crippen LogP contribution in [0.2, 0.25) is 0 Å². The van der Waals surface area contributed by atoms with Crippen molar-refractivity contribution in [3.63, 3.8) is 0 Å². The van der Waals surface area contributed by atoms with Crippen LogP contribution in [0.1, 0.15) is 72.1 Å². The van der Waals surface area contributed by atoms with Crippen molar-refractivity contribution in [3.8, 4) is 0 Å². The average molecular weight is 361 g/mol. The number of hydrogen-bond acceptors (Lipinski definition) is 2. The third-order valence-corrected chi connectivity index (χ3v) is 7.71. The first-order valence-electron chi connectivity index (χ1n) is 11.0. The minimum Gasteiger partial charge on any atom is -0.344 e. The second-order valence-electron chi connectivity index (χ2n) is 10.4. The van der Waals surface area contributed by atoms with Gasteiger partial charge in [-0.25, -0.2) is 0 Å². The van der Waals surface area contributed by atoms with Crippen LogP contribution in [0.3, 0.4) is 0 Å². The largest absolute Gasteiger partial charge is 0.344 e. The number of carbonyl (C=O) groups is 2. The van der Waals surface area contributed by atoms with E-state index >= 15 is 0 Å². The Balaban J connectivity index is 1.46. The SMILES string of the molecule is CC1CCCN(C(=O)C(NC(=O)C23CC4CC(CC(C4)C2)C3)C(C)C)C1. The zero-order valence-electron chi connectivity index (χ0n) is 16.8. The number of hydrogen-bond donors (Lipinski definition) is 1. The lowest BCUT2D eigenvalue weighted by molar-refractivity contribution is -0.151. The van der Waals surface area contributed by atoms with E-state index < -0.39 is 0 Å². The molecule has 5 aliphatic rings. The number of piperidine rings is 1. The highest BCUT2D eigenvalue weighted by Crippen LogP contribution is 2.60. The number of nitrogens with one attached hydrogen (secondary N) is 1. The highest BCUT2D eigenvalue weighted by atomic mass is 16.2. The number of nitrogens with zero attached hydrogens (tertiary/aromatic N) is 1. The fraction of sp³-hybridized carbons (Fsp3) is 0.909. The summed E-state index contributed by atoms with van der Waals surface area (Å²) in [4.78, 5) is 28.5. The third-order valence-electron chi connectivity index (χ3n) is 7.71. The maximum atomic E-state index is 13.4. The Hall–Kier alpha value is -1.06. The molecular weight excluding hydrogens is 324 g/mol. The van der Waals surface area contributed by atoms with Gasteiger partial charge in [0.25, 0.3) is 0 Å². The molecule has 0 aromatic rings. The minimum atomic E-state index is -0.360. The van der Waals surface area contributed by atoms with Crippen LogP contribution < -0.4 is 5.32 Å². The molecule has 0 aromatic carbocycles. The van der Waals surface area contributed by atoms with Crippen molar-refractivity contribution in [1.82, 2.24) is 10.2 Å². The zero-order chi connectivity index (χ0) is 18.5. The zero-order valence-corrected chi connectivity index (χ0v) is 16.8. The summed E-state index contributed by atoms with van der Waals surface area (Å²) in [6.45, 7) is 8.04. The van der Waals surface area contributed by atoms with E-state index in [1.807, 2.05) is 4.90 Å². The lowest BCUT2D eigenvalue weighted by atomic mass is 9.49. The summed E-state index contributed by atoms with van der Waals surface area (Å²) in [5, 5.41) is 3.26. The molecule has 4 saturated carbocycles. The highest BCUT2D eigenvalue weighted by molar-refractivity contribution is 5.90. The fourth-order valence-electron chi connectivity index (χ4n) is 6.78. The molecule has 4 bridgehead atoms. The van der Waals surface area contributed by atoms with Crippen molar-refractivity contribution >= 4 is 11.8 Å². The van der Waals surface area contributed by atoms with Crippen LogP contribution in [0.5, 0.6) is 0 Å². The molecule has 4 aliphatic carbocycles. The molecule has 26 heavy (non-hydrogen) atoms. The Morgan fingerprint density at radius 1 is 1.04 bits per heavy atom. The van der Waals surface area contributed by atoms with Crippen LogP contribution in [0.15, 0.2) is 0 Å². The summed E-state index contributed by atoms with van der Waals surface area (Å²) in [6.07, 6.45) is 9.48. The molecule has 1 N–H and O–H groups in total. The number of likely N-dealkylation sites (tertiary alicyclic amines) is 1. The predicted molar refractivity (Wildman–Crippen MR) is 102 cm³/mol. The van der Waals surface area contributed by atoms with Gasteiger partial charge >= 0.3 is 0 Å². The molecule has 1 heterocycles. The van der Waals surface area contributed by atoms with Crippen molar-refractivity contribution in [2.45, 2.75) is 78.2 Å². The predicted octanol–water partition coefficient (Wildman–Crippen LogP) is 3.60. The smallest absolute Gasteiger partial charge is 0.245 e. The Morgan fingerprint density at radius 3 is 2.12 bits per heavy atom. The number of carbonyl (C=O) groups excluding carboxylic acids is 2. The Kier molecular flexibility index (Phi) is 4.81. The fourth-order valence-corrected chi connectivity index (χ4v) is 6.78. The van der Waals surface area contributed by atoms with E-state index in [9.17, 15) is 9.59 Å². The first kappa shape index (κ1) is 18.3. The Labute approximate surface area is 158 Å². The van der Waals surface area contributed by atoms with Gasteiger partial charge in [0.05, 0.1) is 0 Å². The van der Waals surface area contributed by atoms with Crippen LogP contribution in [0.4, 0.5) is 0 Å². The van der Waals surface area contributed by atoms with Crippen LogP contribution in [0, 0.1) is 35.0 Å². The summed E-state index contributed by atoms with van der Waals surface area (Å²) in [6, 6.07) is -0.360. The molecule has 146 valence electrons. The average Bonchev–Trinajstić information content (AvgIpc) is 2.57. The van der Waals surface area contributed by atoms with Gasteiger partial charge in [-0.2, -0.15) is 0 Å². The lowest BCUT2D eigenvalue weighted by Crippen LogP contribution is -2.59. The minimum absolute atomic E-state index is 0.137. The van der Waals surface area contributed by atoms with Gasteiger partial charge in [0.1, 0.15) is 6.04 Å². The van der Waals surface area contributed by atoms with Gasteiger partial charge in [0.2, 0.25) is 11.8 Å². The van der Waals surface area contributed by atoms with Crippen molar-refractivity contribution in [3.05, 3.63) is 0 Å². The molecule has 2 atom stereocenters. The molecular formula is C22H36N2O2. The van der Waals surface area contributed by atoms with E-state index in [0.717, 1.165) is 56.5 Å². The standard InChI is InChI=1S/C22H36N2O2/c1-14(2)19(20(25)24-6-4-5-15(3)13-24)23-21(26)22-10-16-7-17(11-22)9-18(8-16)12-22/h14-19H,4-13H2,1-3H3,(H,23,26).